The van der Waals surface area contributed by atoms with Crippen LogP contribution < -0.4 is 0 Å². The van der Waals surface area contributed by atoms with Crippen LogP contribution in [0, 0.1) is 0 Å². The topological polar surface area (TPSA) is 63.9 Å². The third-order valence-corrected chi connectivity index (χ3v) is 2.02. The molecule has 1 heterocycles. The SMILES string of the molecule is CC.CN1C[C@@H](O)[C@H](O)[C@H]1CO. The van der Waals surface area contributed by atoms with E-state index in [2.05, 4.69) is 0 Å². The van der Waals surface area contributed by atoms with E-state index in [0.29, 0.717) is 6.54 Å². The van der Waals surface area contributed by atoms with Crippen molar-refractivity contribution in [3.8, 4) is 0 Å². The summed E-state index contributed by atoms with van der Waals surface area (Å²) in [6.07, 6.45) is -1.50. The number of likely N-dealkylation sites (tertiary alicyclic amines) is 1. The van der Waals surface area contributed by atoms with Crippen molar-refractivity contribution in [1.29, 1.82) is 0 Å². The normalized spacial score (nSPS) is 36.0. The Hall–Kier alpha value is -0.160. The summed E-state index contributed by atoms with van der Waals surface area (Å²) in [5.74, 6) is 0. The molecule has 0 aromatic heterocycles. The first-order chi connectivity index (χ1) is 5.66. The Labute approximate surface area is 73.4 Å². The molecule has 12 heavy (non-hydrogen) atoms. The molecule has 74 valence electrons. The van der Waals surface area contributed by atoms with E-state index in [1.54, 1.807) is 11.9 Å². The highest BCUT2D eigenvalue weighted by atomic mass is 16.3. The zero-order chi connectivity index (χ0) is 9.72. The van der Waals surface area contributed by atoms with Crippen molar-refractivity contribution in [2.75, 3.05) is 20.2 Å². The Balaban J connectivity index is 0.000000561. The number of aliphatic hydroxyl groups is 3. The molecule has 0 aromatic rings. The van der Waals surface area contributed by atoms with Crippen molar-refractivity contribution in [1.82, 2.24) is 4.90 Å². The summed E-state index contributed by atoms with van der Waals surface area (Å²) < 4.78 is 0. The number of hydrogen-bond acceptors (Lipinski definition) is 4. The van der Waals surface area contributed by atoms with Gasteiger partial charge in [0.1, 0.15) is 0 Å². The Morgan fingerprint density at radius 2 is 1.83 bits per heavy atom. The minimum absolute atomic E-state index is 0.102. The highest BCUT2D eigenvalue weighted by Gasteiger charge is 2.36. The van der Waals surface area contributed by atoms with Crippen LogP contribution in [-0.4, -0.2) is 58.7 Å². The molecule has 1 aliphatic heterocycles. The molecule has 0 aliphatic carbocycles. The minimum Gasteiger partial charge on any atom is -0.395 e. The standard InChI is InChI=1S/C6H13NO3.C2H6/c1-7-2-5(9)6(10)4(7)3-8;1-2/h4-6,8-10H,2-3H2,1H3;1-2H3/t4-,5-,6-;/m1./s1. The predicted molar refractivity (Wildman–Crippen MR) is 46.9 cm³/mol. The Kier molecular flexibility index (Phi) is 5.41. The van der Waals surface area contributed by atoms with Gasteiger partial charge in [-0.15, -0.1) is 0 Å². The quantitative estimate of drug-likeness (QED) is 0.483. The van der Waals surface area contributed by atoms with Crippen LogP contribution in [-0.2, 0) is 0 Å². The molecule has 0 radical (unpaired) electrons. The molecule has 1 fully saturated rings. The average Bonchev–Trinajstić information content (AvgIpc) is 2.31. The monoisotopic (exact) mass is 177 g/mol. The molecule has 1 rings (SSSR count). The van der Waals surface area contributed by atoms with Gasteiger partial charge in [-0.25, -0.2) is 0 Å². The molecule has 1 aliphatic rings. The van der Waals surface area contributed by atoms with Crippen molar-refractivity contribution in [2.24, 2.45) is 0 Å². The Morgan fingerprint density at radius 3 is 2.00 bits per heavy atom. The average molecular weight is 177 g/mol. The van der Waals surface area contributed by atoms with E-state index in [0.717, 1.165) is 0 Å². The van der Waals surface area contributed by atoms with Crippen molar-refractivity contribution < 1.29 is 15.3 Å². The lowest BCUT2D eigenvalue weighted by atomic mass is 10.1. The first-order valence-corrected chi connectivity index (χ1v) is 4.34. The molecular weight excluding hydrogens is 158 g/mol. The number of likely N-dealkylation sites (N-methyl/N-ethyl adjacent to an activating group) is 1. The molecule has 3 atom stereocenters. The second-order valence-corrected chi connectivity index (χ2v) is 2.75. The van der Waals surface area contributed by atoms with E-state index >= 15 is 0 Å². The Morgan fingerprint density at radius 1 is 1.33 bits per heavy atom. The largest absolute Gasteiger partial charge is 0.395 e. The van der Waals surface area contributed by atoms with Crippen LogP contribution in [0.25, 0.3) is 0 Å². The van der Waals surface area contributed by atoms with E-state index in [9.17, 15) is 5.11 Å². The number of hydrogen-bond donors (Lipinski definition) is 3. The summed E-state index contributed by atoms with van der Waals surface area (Å²) in [5, 5.41) is 27.0. The van der Waals surface area contributed by atoms with Crippen molar-refractivity contribution in [3.05, 3.63) is 0 Å². The van der Waals surface area contributed by atoms with Gasteiger partial charge in [-0.2, -0.15) is 0 Å². The van der Waals surface area contributed by atoms with Gasteiger partial charge in [-0.1, -0.05) is 13.8 Å². The third kappa shape index (κ3) is 2.42. The van der Waals surface area contributed by atoms with E-state index in [1.165, 1.54) is 0 Å². The maximum absolute atomic E-state index is 9.18. The van der Waals surface area contributed by atoms with Crippen molar-refractivity contribution in [2.45, 2.75) is 32.1 Å². The van der Waals surface area contributed by atoms with Crippen LogP contribution >= 0.6 is 0 Å². The molecule has 0 amide bonds. The van der Waals surface area contributed by atoms with Crippen LogP contribution in [0.4, 0.5) is 0 Å². The highest BCUT2D eigenvalue weighted by Crippen LogP contribution is 2.15. The van der Waals surface area contributed by atoms with Crippen LogP contribution in [0.3, 0.4) is 0 Å². The summed E-state index contributed by atoms with van der Waals surface area (Å²) in [4.78, 5) is 1.75. The van der Waals surface area contributed by atoms with Gasteiger partial charge in [0.15, 0.2) is 0 Å². The summed E-state index contributed by atoms with van der Waals surface area (Å²) in [7, 11) is 1.76. The van der Waals surface area contributed by atoms with E-state index in [1.807, 2.05) is 13.8 Å². The van der Waals surface area contributed by atoms with Gasteiger partial charge < -0.3 is 15.3 Å². The summed E-state index contributed by atoms with van der Waals surface area (Å²) >= 11 is 0. The maximum atomic E-state index is 9.18. The molecule has 0 bridgehead atoms. The highest BCUT2D eigenvalue weighted by molar-refractivity contribution is 4.90. The molecule has 3 N–H and O–H groups in total. The second-order valence-electron chi connectivity index (χ2n) is 2.75. The lowest BCUT2D eigenvalue weighted by Gasteiger charge is -2.18. The fourth-order valence-corrected chi connectivity index (χ4v) is 1.30. The fourth-order valence-electron chi connectivity index (χ4n) is 1.30. The smallest absolute Gasteiger partial charge is 0.0988 e. The summed E-state index contributed by atoms with van der Waals surface area (Å²) in [6.45, 7) is 4.33. The molecule has 1 saturated heterocycles. The first kappa shape index (κ1) is 11.8. The molecule has 0 unspecified atom stereocenters. The molecule has 0 spiro atoms. The van der Waals surface area contributed by atoms with Gasteiger partial charge in [0.2, 0.25) is 0 Å². The van der Waals surface area contributed by atoms with Gasteiger partial charge in [0, 0.05) is 6.54 Å². The summed E-state index contributed by atoms with van der Waals surface area (Å²) in [6, 6.07) is -0.296. The number of aliphatic hydroxyl groups excluding tert-OH is 3. The number of nitrogens with zero attached hydrogens (tertiary/aromatic N) is 1. The van der Waals surface area contributed by atoms with Crippen LogP contribution in [0.1, 0.15) is 13.8 Å². The molecule has 4 heteroatoms. The maximum Gasteiger partial charge on any atom is 0.0988 e. The minimum atomic E-state index is -0.796. The predicted octanol–water partition coefficient (Wildman–Crippen LogP) is -0.959. The lowest BCUT2D eigenvalue weighted by molar-refractivity contribution is 0.0237. The lowest BCUT2D eigenvalue weighted by Crippen LogP contribution is -2.36. The van der Waals surface area contributed by atoms with Crippen LogP contribution in [0.15, 0.2) is 0 Å². The van der Waals surface area contributed by atoms with Gasteiger partial charge in [0.05, 0.1) is 24.9 Å². The fraction of sp³-hybridized carbons (Fsp3) is 1.00. The Bertz CT molecular complexity index is 121. The summed E-state index contributed by atoms with van der Waals surface area (Å²) in [5.41, 5.74) is 0. The molecular formula is C8H19NO3. The number of β-amino-alcohol motifs (C(OH)–C–C–N with tert-alkyl or cyclic N) is 1. The molecule has 0 saturated carbocycles. The van der Waals surface area contributed by atoms with Crippen molar-refractivity contribution >= 4 is 0 Å². The van der Waals surface area contributed by atoms with Gasteiger partial charge in [-0.3, -0.25) is 4.90 Å². The molecule has 0 aromatic carbocycles. The first-order valence-electron chi connectivity index (χ1n) is 4.34. The van der Waals surface area contributed by atoms with Crippen LogP contribution in [0.5, 0.6) is 0 Å². The zero-order valence-corrected chi connectivity index (χ0v) is 7.94. The van der Waals surface area contributed by atoms with E-state index in [-0.39, 0.29) is 12.6 Å². The third-order valence-electron chi connectivity index (χ3n) is 2.02. The van der Waals surface area contributed by atoms with E-state index in [4.69, 9.17) is 10.2 Å². The van der Waals surface area contributed by atoms with Gasteiger partial charge in [0.25, 0.3) is 0 Å². The molecule has 4 nitrogen and oxygen atoms in total. The van der Waals surface area contributed by atoms with Gasteiger partial charge >= 0.3 is 0 Å². The van der Waals surface area contributed by atoms with Crippen molar-refractivity contribution in [3.63, 3.8) is 0 Å². The van der Waals surface area contributed by atoms with E-state index < -0.39 is 12.2 Å². The van der Waals surface area contributed by atoms with Crippen LogP contribution in [0.2, 0.25) is 0 Å². The second kappa shape index (κ2) is 5.48. The van der Waals surface area contributed by atoms with Gasteiger partial charge in [-0.05, 0) is 7.05 Å². The number of rotatable bonds is 1. The zero-order valence-electron chi connectivity index (χ0n) is 7.94.